The summed E-state index contributed by atoms with van der Waals surface area (Å²) in [7, 11) is 0. The molecule has 1 heterocycles. The van der Waals surface area contributed by atoms with Gasteiger partial charge in [-0.25, -0.2) is 4.39 Å². The van der Waals surface area contributed by atoms with Gasteiger partial charge in [-0.1, -0.05) is 6.92 Å². The van der Waals surface area contributed by atoms with Crippen molar-refractivity contribution in [2.45, 2.75) is 32.2 Å². The van der Waals surface area contributed by atoms with Crippen molar-refractivity contribution < 1.29 is 18.7 Å². The Hall–Kier alpha value is -2.17. The molecule has 0 saturated heterocycles. The van der Waals surface area contributed by atoms with Gasteiger partial charge in [-0.15, -0.1) is 0 Å². The Labute approximate surface area is 122 Å². The second-order valence-electron chi connectivity index (χ2n) is 5.33. The van der Waals surface area contributed by atoms with Gasteiger partial charge in [0.25, 0.3) is 11.8 Å². The predicted octanol–water partition coefficient (Wildman–Crippen LogP) is 3.09. The summed E-state index contributed by atoms with van der Waals surface area (Å²) in [5.74, 6) is 0.00185. The topological polar surface area (TPSA) is 46.6 Å². The van der Waals surface area contributed by atoms with Crippen molar-refractivity contribution in [2.75, 3.05) is 6.61 Å². The Morgan fingerprint density at radius 1 is 1.33 bits per heavy atom. The van der Waals surface area contributed by atoms with Crippen LogP contribution in [-0.2, 0) is 0 Å². The molecule has 110 valence electrons. The van der Waals surface area contributed by atoms with Gasteiger partial charge in [0, 0.05) is 6.04 Å². The first-order valence-corrected chi connectivity index (χ1v) is 7.08. The van der Waals surface area contributed by atoms with Crippen LogP contribution in [0.1, 0.15) is 46.9 Å². The molecule has 1 aromatic carbocycles. The molecule has 0 radical (unpaired) electrons. The van der Waals surface area contributed by atoms with Crippen molar-refractivity contribution in [3.05, 3.63) is 41.2 Å². The highest BCUT2D eigenvalue weighted by atomic mass is 19.1. The number of fused-ring (bicyclic) bond motifs is 1. The summed E-state index contributed by atoms with van der Waals surface area (Å²) in [6.07, 6.45) is 2.87. The number of carbonyl (C=O) groups is 2. The highest BCUT2D eigenvalue weighted by Gasteiger charge is 2.44. The third-order valence-corrected chi connectivity index (χ3v) is 3.83. The molecule has 1 saturated carbocycles. The molecule has 0 N–H and O–H groups in total. The van der Waals surface area contributed by atoms with Gasteiger partial charge >= 0.3 is 0 Å². The normalized spacial score (nSPS) is 18.2. The van der Waals surface area contributed by atoms with Crippen LogP contribution in [0.15, 0.2) is 30.1 Å². The minimum atomic E-state index is -0.250. The van der Waals surface area contributed by atoms with Gasteiger partial charge in [0.15, 0.2) is 0 Å². The van der Waals surface area contributed by atoms with E-state index in [-0.39, 0.29) is 24.5 Å². The number of halogens is 1. The summed E-state index contributed by atoms with van der Waals surface area (Å²) in [4.78, 5) is 25.8. The van der Waals surface area contributed by atoms with Crippen LogP contribution in [-0.4, -0.2) is 29.4 Å². The minimum absolute atomic E-state index is 0.0583. The Balaban J connectivity index is 1.80. The first kappa shape index (κ1) is 13.8. The average molecular weight is 289 g/mol. The van der Waals surface area contributed by atoms with E-state index in [1.54, 1.807) is 18.2 Å². The fourth-order valence-corrected chi connectivity index (χ4v) is 2.38. The van der Waals surface area contributed by atoms with E-state index in [0.717, 1.165) is 12.8 Å². The minimum Gasteiger partial charge on any atom is -0.489 e. The van der Waals surface area contributed by atoms with Gasteiger partial charge in [-0.3, -0.25) is 14.5 Å². The van der Waals surface area contributed by atoms with Crippen molar-refractivity contribution >= 4 is 11.8 Å². The number of carbonyl (C=O) groups excluding carboxylic acids is 2. The predicted molar refractivity (Wildman–Crippen MR) is 74.9 cm³/mol. The number of imide groups is 1. The van der Waals surface area contributed by atoms with Crippen molar-refractivity contribution in [3.63, 3.8) is 0 Å². The van der Waals surface area contributed by atoms with Crippen LogP contribution < -0.4 is 4.74 Å². The Bertz CT molecular complexity index is 634. The first-order valence-electron chi connectivity index (χ1n) is 7.08. The lowest BCUT2D eigenvalue weighted by Gasteiger charge is -2.11. The van der Waals surface area contributed by atoms with Crippen LogP contribution in [0.4, 0.5) is 4.39 Å². The molecule has 0 spiro atoms. The molecular formula is C16H16FNO3. The Morgan fingerprint density at radius 3 is 2.67 bits per heavy atom. The van der Waals surface area contributed by atoms with Crippen molar-refractivity contribution in [1.29, 1.82) is 0 Å². The number of ether oxygens (including phenoxy) is 1. The van der Waals surface area contributed by atoms with Gasteiger partial charge in [0.05, 0.1) is 17.5 Å². The summed E-state index contributed by atoms with van der Waals surface area (Å²) in [5.41, 5.74) is 1.35. The summed E-state index contributed by atoms with van der Waals surface area (Å²) in [5, 5.41) is 0. The average Bonchev–Trinajstić information content (AvgIpc) is 3.29. The molecule has 21 heavy (non-hydrogen) atoms. The van der Waals surface area contributed by atoms with Crippen molar-refractivity contribution in [2.24, 2.45) is 0 Å². The highest BCUT2D eigenvalue weighted by Crippen LogP contribution is 2.35. The molecule has 0 aromatic heterocycles. The molecular weight excluding hydrogens is 273 g/mol. The molecule has 5 heteroatoms. The fourth-order valence-electron chi connectivity index (χ4n) is 2.38. The molecule has 1 aromatic rings. The van der Waals surface area contributed by atoms with Crippen LogP contribution >= 0.6 is 0 Å². The number of benzene rings is 1. The van der Waals surface area contributed by atoms with Gasteiger partial charge < -0.3 is 4.74 Å². The molecule has 1 fully saturated rings. The lowest BCUT2D eigenvalue weighted by atomic mass is 10.1. The third-order valence-electron chi connectivity index (χ3n) is 3.83. The van der Waals surface area contributed by atoms with Crippen LogP contribution in [0.3, 0.4) is 0 Å². The van der Waals surface area contributed by atoms with Crippen LogP contribution in [0, 0.1) is 0 Å². The summed E-state index contributed by atoms with van der Waals surface area (Å²) in [6, 6.07) is 4.89. The summed E-state index contributed by atoms with van der Waals surface area (Å²) >= 11 is 0. The number of rotatable bonds is 5. The number of amides is 2. The van der Waals surface area contributed by atoms with E-state index in [2.05, 4.69) is 0 Å². The van der Waals surface area contributed by atoms with E-state index in [9.17, 15) is 14.0 Å². The molecule has 0 unspecified atom stereocenters. The second-order valence-corrected chi connectivity index (χ2v) is 5.33. The number of hydrogen-bond acceptors (Lipinski definition) is 3. The zero-order valence-electron chi connectivity index (χ0n) is 11.8. The maximum atomic E-state index is 12.5. The molecule has 3 rings (SSSR count). The zero-order chi connectivity index (χ0) is 15.0. The molecule has 0 atom stereocenters. The lowest BCUT2D eigenvalue weighted by molar-refractivity contribution is 0.0642. The summed E-state index contributed by atoms with van der Waals surface area (Å²) < 4.78 is 18.0. The second kappa shape index (κ2) is 5.31. The van der Waals surface area contributed by atoms with Gasteiger partial charge in [0.2, 0.25) is 0 Å². The third kappa shape index (κ3) is 2.44. The van der Waals surface area contributed by atoms with E-state index >= 15 is 0 Å². The highest BCUT2D eigenvalue weighted by molar-refractivity contribution is 6.21. The van der Waals surface area contributed by atoms with Crippen LogP contribution in [0.25, 0.3) is 0 Å². The SMILES string of the molecule is CC/C(=C/F)COc1ccc2c(c1)C(=O)N(C1CC1)C2=O. The molecule has 1 aliphatic carbocycles. The largest absolute Gasteiger partial charge is 0.489 e. The monoisotopic (exact) mass is 289 g/mol. The molecule has 1 aliphatic heterocycles. The Morgan fingerprint density at radius 2 is 2.05 bits per heavy atom. The Kier molecular flexibility index (Phi) is 3.49. The van der Waals surface area contributed by atoms with Crippen LogP contribution in [0.5, 0.6) is 5.75 Å². The van der Waals surface area contributed by atoms with Crippen LogP contribution in [0.2, 0.25) is 0 Å². The molecule has 0 bridgehead atoms. The fraction of sp³-hybridized carbons (Fsp3) is 0.375. The number of nitrogens with zero attached hydrogens (tertiary/aromatic N) is 1. The smallest absolute Gasteiger partial charge is 0.261 e. The van der Waals surface area contributed by atoms with Crippen molar-refractivity contribution in [3.8, 4) is 5.75 Å². The van der Waals surface area contributed by atoms with E-state index in [1.807, 2.05) is 6.92 Å². The zero-order valence-corrected chi connectivity index (χ0v) is 11.8. The van der Waals surface area contributed by atoms with E-state index in [0.29, 0.717) is 35.2 Å². The maximum absolute atomic E-state index is 12.5. The van der Waals surface area contributed by atoms with Crippen molar-refractivity contribution in [1.82, 2.24) is 4.90 Å². The number of hydrogen-bond donors (Lipinski definition) is 0. The lowest BCUT2D eigenvalue weighted by Crippen LogP contribution is -2.31. The standard InChI is InChI=1S/C16H16FNO3/c1-2-10(8-17)9-21-12-5-6-13-14(7-12)16(20)18(15(13)19)11-3-4-11/h5-8,11H,2-4,9H2,1H3/b10-8-. The van der Waals surface area contributed by atoms with E-state index in [4.69, 9.17) is 4.74 Å². The molecule has 2 aliphatic rings. The molecule has 2 amide bonds. The van der Waals surface area contributed by atoms with Gasteiger partial charge in [-0.2, -0.15) is 0 Å². The summed E-state index contributed by atoms with van der Waals surface area (Å²) in [6.45, 7) is 1.98. The van der Waals surface area contributed by atoms with Gasteiger partial charge in [-0.05, 0) is 43.0 Å². The quantitative estimate of drug-likeness (QED) is 0.783. The van der Waals surface area contributed by atoms with E-state index < -0.39 is 0 Å². The molecule has 4 nitrogen and oxygen atoms in total. The van der Waals surface area contributed by atoms with E-state index in [1.165, 1.54) is 4.90 Å². The van der Waals surface area contributed by atoms with Gasteiger partial charge in [0.1, 0.15) is 12.4 Å². The maximum Gasteiger partial charge on any atom is 0.261 e. The first-order chi connectivity index (χ1) is 10.2.